The topological polar surface area (TPSA) is 43.2 Å². The summed E-state index contributed by atoms with van der Waals surface area (Å²) in [5.74, 6) is 1.17. The highest BCUT2D eigenvalue weighted by atomic mass is 16.5. The molecule has 1 atom stereocenters. The van der Waals surface area contributed by atoms with E-state index in [-0.39, 0.29) is 0 Å². The second-order valence-electron chi connectivity index (χ2n) is 5.57. The van der Waals surface area contributed by atoms with Crippen LogP contribution in [-0.4, -0.2) is 39.6 Å². The zero-order valence-corrected chi connectivity index (χ0v) is 12.7. The number of hydrogen-bond acceptors (Lipinski definition) is 4. The summed E-state index contributed by atoms with van der Waals surface area (Å²) in [4.78, 5) is 10.9. The van der Waals surface area contributed by atoms with Gasteiger partial charge in [0, 0.05) is 43.8 Å². The Hall–Kier alpha value is -1.72. The van der Waals surface area contributed by atoms with Crippen molar-refractivity contribution in [3.05, 3.63) is 47.8 Å². The van der Waals surface area contributed by atoms with Gasteiger partial charge >= 0.3 is 0 Å². The van der Waals surface area contributed by atoms with Crippen molar-refractivity contribution in [2.75, 3.05) is 20.2 Å². The first-order chi connectivity index (χ1) is 10.3. The highest BCUT2D eigenvalue weighted by Crippen LogP contribution is 2.23. The molecule has 0 fully saturated rings. The number of rotatable bonds is 5. The van der Waals surface area contributed by atoms with E-state index in [2.05, 4.69) is 33.4 Å². The Morgan fingerprint density at radius 2 is 2.10 bits per heavy atom. The molecule has 0 aliphatic carbocycles. The lowest BCUT2D eigenvalue weighted by Gasteiger charge is -2.31. The number of likely N-dealkylation sites (N-methyl/N-ethyl adjacent to an activating group) is 1. The molecule has 0 N–H and O–H groups in total. The van der Waals surface area contributed by atoms with E-state index < -0.39 is 0 Å². The SMILES string of the molecule is CC1c2ncc(CCOCc3ccncc3)n2CCN1C. The normalized spacial score (nSPS) is 18.7. The quantitative estimate of drug-likeness (QED) is 0.789. The van der Waals surface area contributed by atoms with Gasteiger partial charge in [-0.1, -0.05) is 0 Å². The van der Waals surface area contributed by atoms with Gasteiger partial charge in [0.25, 0.3) is 0 Å². The fourth-order valence-corrected chi connectivity index (χ4v) is 2.71. The van der Waals surface area contributed by atoms with Crippen LogP contribution in [0.3, 0.4) is 0 Å². The van der Waals surface area contributed by atoms with Crippen molar-refractivity contribution in [1.82, 2.24) is 19.4 Å². The zero-order valence-electron chi connectivity index (χ0n) is 12.7. The lowest BCUT2D eigenvalue weighted by molar-refractivity contribution is 0.121. The molecule has 1 unspecified atom stereocenters. The minimum Gasteiger partial charge on any atom is -0.376 e. The number of hydrogen-bond donors (Lipinski definition) is 0. The van der Waals surface area contributed by atoms with E-state index in [1.54, 1.807) is 12.4 Å². The number of aromatic nitrogens is 3. The van der Waals surface area contributed by atoms with Gasteiger partial charge in [0.05, 0.1) is 19.3 Å². The molecule has 0 spiro atoms. The summed E-state index contributed by atoms with van der Waals surface area (Å²) in [6.07, 6.45) is 6.50. The molecule has 5 nitrogen and oxygen atoms in total. The summed E-state index contributed by atoms with van der Waals surface area (Å²) in [5, 5.41) is 0. The third-order valence-electron chi connectivity index (χ3n) is 4.20. The molecule has 5 heteroatoms. The Bertz CT molecular complexity index is 581. The summed E-state index contributed by atoms with van der Waals surface area (Å²) in [5.41, 5.74) is 2.44. The number of fused-ring (bicyclic) bond motifs is 1. The predicted octanol–water partition coefficient (Wildman–Crippen LogP) is 2.04. The number of ether oxygens (including phenoxy) is 1. The molecule has 0 radical (unpaired) electrons. The van der Waals surface area contributed by atoms with Gasteiger partial charge in [-0.25, -0.2) is 4.98 Å². The highest BCUT2D eigenvalue weighted by Gasteiger charge is 2.23. The third-order valence-corrected chi connectivity index (χ3v) is 4.20. The van der Waals surface area contributed by atoms with Crippen LogP contribution in [0.1, 0.15) is 30.0 Å². The molecular formula is C16H22N4O. The van der Waals surface area contributed by atoms with E-state index in [1.807, 2.05) is 18.3 Å². The standard InChI is InChI=1S/C16H22N4O/c1-13-16-18-11-15(20(16)9-8-19(13)2)5-10-21-12-14-3-6-17-7-4-14/h3-4,6-7,11,13H,5,8-10,12H2,1-2H3. The first kappa shape index (κ1) is 14.2. The summed E-state index contributed by atoms with van der Waals surface area (Å²) in [7, 11) is 2.15. The molecular weight excluding hydrogens is 264 g/mol. The van der Waals surface area contributed by atoms with Crippen molar-refractivity contribution in [3.63, 3.8) is 0 Å². The Balaban J connectivity index is 1.54. The van der Waals surface area contributed by atoms with E-state index >= 15 is 0 Å². The van der Waals surface area contributed by atoms with Crippen molar-refractivity contribution >= 4 is 0 Å². The van der Waals surface area contributed by atoms with Gasteiger partial charge in [-0.3, -0.25) is 9.88 Å². The number of nitrogens with zero attached hydrogens (tertiary/aromatic N) is 4. The molecule has 112 valence electrons. The molecule has 1 aliphatic rings. The summed E-state index contributed by atoms with van der Waals surface area (Å²) in [6.45, 7) is 5.67. The zero-order chi connectivity index (χ0) is 14.7. The molecule has 0 amide bonds. The lowest BCUT2D eigenvalue weighted by Crippen LogP contribution is -2.34. The van der Waals surface area contributed by atoms with Gasteiger partial charge in [0.2, 0.25) is 0 Å². The molecule has 2 aromatic rings. The van der Waals surface area contributed by atoms with Crippen molar-refractivity contribution in [3.8, 4) is 0 Å². The smallest absolute Gasteiger partial charge is 0.126 e. The van der Waals surface area contributed by atoms with Crippen LogP contribution in [0.4, 0.5) is 0 Å². The average Bonchev–Trinajstić information content (AvgIpc) is 2.92. The van der Waals surface area contributed by atoms with E-state index in [0.717, 1.165) is 31.7 Å². The second kappa shape index (κ2) is 6.37. The molecule has 0 bridgehead atoms. The van der Waals surface area contributed by atoms with Crippen LogP contribution < -0.4 is 0 Å². The maximum absolute atomic E-state index is 5.75. The molecule has 1 aliphatic heterocycles. The van der Waals surface area contributed by atoms with Crippen LogP contribution in [0, 0.1) is 0 Å². The molecule has 0 aromatic carbocycles. The Morgan fingerprint density at radius 3 is 2.90 bits per heavy atom. The van der Waals surface area contributed by atoms with Gasteiger partial charge in [-0.05, 0) is 31.7 Å². The fourth-order valence-electron chi connectivity index (χ4n) is 2.71. The van der Waals surface area contributed by atoms with Gasteiger partial charge in [0.1, 0.15) is 5.82 Å². The van der Waals surface area contributed by atoms with E-state index in [4.69, 9.17) is 4.74 Å². The van der Waals surface area contributed by atoms with E-state index in [1.165, 1.54) is 11.5 Å². The van der Waals surface area contributed by atoms with Gasteiger partial charge in [-0.15, -0.1) is 0 Å². The van der Waals surface area contributed by atoms with Crippen molar-refractivity contribution in [2.45, 2.75) is 32.5 Å². The van der Waals surface area contributed by atoms with Crippen molar-refractivity contribution in [2.24, 2.45) is 0 Å². The first-order valence-corrected chi connectivity index (χ1v) is 7.47. The van der Waals surface area contributed by atoms with Gasteiger partial charge < -0.3 is 9.30 Å². The highest BCUT2D eigenvalue weighted by molar-refractivity contribution is 5.11. The first-order valence-electron chi connectivity index (χ1n) is 7.47. The molecule has 2 aromatic heterocycles. The monoisotopic (exact) mass is 286 g/mol. The summed E-state index contributed by atoms with van der Waals surface area (Å²) >= 11 is 0. The molecule has 3 heterocycles. The minimum atomic E-state index is 0.394. The van der Waals surface area contributed by atoms with Crippen LogP contribution in [0.5, 0.6) is 0 Å². The maximum atomic E-state index is 5.75. The number of imidazole rings is 1. The molecule has 3 rings (SSSR count). The average molecular weight is 286 g/mol. The number of pyridine rings is 1. The minimum absolute atomic E-state index is 0.394. The van der Waals surface area contributed by atoms with E-state index in [0.29, 0.717) is 12.6 Å². The van der Waals surface area contributed by atoms with Crippen LogP contribution in [0.15, 0.2) is 30.7 Å². The fraction of sp³-hybridized carbons (Fsp3) is 0.500. The Kier molecular flexibility index (Phi) is 4.31. The summed E-state index contributed by atoms with van der Waals surface area (Å²) in [6, 6.07) is 4.36. The van der Waals surface area contributed by atoms with Crippen LogP contribution in [0.2, 0.25) is 0 Å². The second-order valence-corrected chi connectivity index (χ2v) is 5.57. The van der Waals surface area contributed by atoms with Gasteiger partial charge in [-0.2, -0.15) is 0 Å². The lowest BCUT2D eigenvalue weighted by atomic mass is 10.2. The summed E-state index contributed by atoms with van der Waals surface area (Å²) < 4.78 is 8.10. The Labute approximate surface area is 125 Å². The third kappa shape index (κ3) is 3.14. The van der Waals surface area contributed by atoms with Crippen molar-refractivity contribution < 1.29 is 4.74 Å². The van der Waals surface area contributed by atoms with Crippen molar-refractivity contribution in [1.29, 1.82) is 0 Å². The molecule has 0 saturated heterocycles. The largest absolute Gasteiger partial charge is 0.376 e. The van der Waals surface area contributed by atoms with Gasteiger partial charge in [0.15, 0.2) is 0 Å². The van der Waals surface area contributed by atoms with Crippen LogP contribution in [0.25, 0.3) is 0 Å². The molecule has 0 saturated carbocycles. The Morgan fingerprint density at radius 1 is 1.29 bits per heavy atom. The maximum Gasteiger partial charge on any atom is 0.126 e. The van der Waals surface area contributed by atoms with Crippen LogP contribution >= 0.6 is 0 Å². The predicted molar refractivity (Wildman–Crippen MR) is 80.9 cm³/mol. The van der Waals surface area contributed by atoms with E-state index in [9.17, 15) is 0 Å². The van der Waals surface area contributed by atoms with Crippen LogP contribution in [-0.2, 0) is 24.3 Å². The molecule has 21 heavy (non-hydrogen) atoms.